The highest BCUT2D eigenvalue weighted by atomic mass is 35.5. The summed E-state index contributed by atoms with van der Waals surface area (Å²) < 4.78 is 26.8. The number of tetrazole rings is 2. The van der Waals surface area contributed by atoms with Gasteiger partial charge < -0.3 is 10.2 Å². The van der Waals surface area contributed by atoms with Crippen molar-refractivity contribution in [3.8, 4) is 11.3 Å². The molecule has 0 radical (unpaired) electrons. The van der Waals surface area contributed by atoms with Crippen LogP contribution in [0.5, 0.6) is 0 Å². The molecule has 0 saturated heterocycles. The van der Waals surface area contributed by atoms with Crippen molar-refractivity contribution in [2.45, 2.75) is 147 Å². The smallest absolute Gasteiger partial charge is 0.267 e. The van der Waals surface area contributed by atoms with E-state index in [-0.39, 0.29) is 18.3 Å². The molecule has 0 unspecified atom stereocenters. The summed E-state index contributed by atoms with van der Waals surface area (Å²) >= 11 is 5.61. The van der Waals surface area contributed by atoms with Gasteiger partial charge in [-0.2, -0.15) is 9.59 Å². The van der Waals surface area contributed by atoms with Crippen LogP contribution in [0.3, 0.4) is 0 Å². The van der Waals surface area contributed by atoms with Crippen LogP contribution in [0.15, 0.2) is 60.3 Å². The molecule has 6 fully saturated rings. The minimum Gasteiger partial charge on any atom is -0.384 e. The number of nitrogens with zero attached hydrogens (tertiary/aromatic N) is 8. The molecule has 324 valence electrons. The number of aromatic nitrogens is 8. The highest BCUT2D eigenvalue weighted by Crippen LogP contribution is 2.66. The summed E-state index contributed by atoms with van der Waals surface area (Å²) in [6.45, 7) is 15.1. The van der Waals surface area contributed by atoms with Gasteiger partial charge in [-0.3, -0.25) is 0 Å². The normalized spacial score (nSPS) is 42.6. The fourth-order valence-electron chi connectivity index (χ4n) is 15.4. The molecule has 8 aliphatic carbocycles. The summed E-state index contributed by atoms with van der Waals surface area (Å²) in [6.07, 6.45) is 20.4. The van der Waals surface area contributed by atoms with Crippen LogP contribution in [0, 0.1) is 81.3 Å². The summed E-state index contributed by atoms with van der Waals surface area (Å²) in [6, 6.07) is 0. The van der Waals surface area contributed by atoms with E-state index in [1.165, 1.54) is 61.5 Å². The van der Waals surface area contributed by atoms with E-state index in [2.05, 4.69) is 81.3 Å². The standard InChI is InChI=1S/C24H31ClN4O.C23H32F2N4O/c1-16(14-29-27-15-26-28-29)21-5-6-22-20-4-3-17-13-24(30,11-12-25)10-8-18(17)19(20)7-9-23(21,22)2;1-14(12-29-27-13-26-28-29)19-5-6-20-18-4-3-15-11-23(30,21(24)25)10-8-16(15)17(18)7-9-22(19,20)2/h3,15,18-22,30H,1,4-10,13-14H2,2H3;3,13,16-21,30H,1,4-12H2,2H3/t18-,19+,20+,21+,22-,23+,24-;16-,17+,18+,19+,20-,22+,23+/m00/s1. The Morgan fingerprint density at radius 1 is 0.733 bits per heavy atom. The lowest BCUT2D eigenvalue weighted by Crippen LogP contribution is -2.49. The van der Waals surface area contributed by atoms with Crippen molar-refractivity contribution in [1.82, 2.24) is 40.4 Å². The predicted molar refractivity (Wildman–Crippen MR) is 225 cm³/mol. The van der Waals surface area contributed by atoms with Gasteiger partial charge in [-0.05, 0) is 182 Å². The maximum Gasteiger partial charge on any atom is 0.267 e. The Hall–Kier alpha value is -3.27. The molecule has 0 amide bonds. The molecule has 13 heteroatoms. The van der Waals surface area contributed by atoms with Crippen molar-refractivity contribution < 1.29 is 19.0 Å². The van der Waals surface area contributed by atoms with Crippen LogP contribution in [0.25, 0.3) is 0 Å². The molecule has 0 spiro atoms. The molecule has 2 N–H and O–H groups in total. The first-order valence-electron chi connectivity index (χ1n) is 22.8. The lowest BCUT2D eigenvalue weighted by Gasteiger charge is -2.54. The van der Waals surface area contributed by atoms with Crippen molar-refractivity contribution in [1.29, 1.82) is 0 Å². The number of alkyl halides is 2. The molecular weight excluding hydrogens is 782 g/mol. The predicted octanol–water partition coefficient (Wildman–Crippen LogP) is 8.76. The Morgan fingerprint density at radius 2 is 1.23 bits per heavy atom. The first kappa shape index (κ1) is 42.1. The van der Waals surface area contributed by atoms with Gasteiger partial charge in [0.05, 0.1) is 13.1 Å². The van der Waals surface area contributed by atoms with Crippen LogP contribution in [-0.4, -0.2) is 68.3 Å². The minimum atomic E-state index is -2.66. The van der Waals surface area contributed by atoms with E-state index in [4.69, 9.17) is 11.6 Å². The van der Waals surface area contributed by atoms with Gasteiger partial charge in [0.1, 0.15) is 11.2 Å². The van der Waals surface area contributed by atoms with E-state index < -0.39 is 17.6 Å². The first-order chi connectivity index (χ1) is 28.7. The van der Waals surface area contributed by atoms with Crippen molar-refractivity contribution in [2.75, 3.05) is 0 Å². The highest BCUT2D eigenvalue weighted by Gasteiger charge is 2.59. The maximum absolute atomic E-state index is 13.4. The monoisotopic (exact) mass is 844 g/mol. The molecule has 2 aromatic rings. The van der Waals surface area contributed by atoms with Crippen molar-refractivity contribution in [3.05, 3.63) is 60.3 Å². The number of aliphatic hydroxyl groups is 2. The van der Waals surface area contributed by atoms with Gasteiger partial charge in [-0.25, -0.2) is 8.78 Å². The van der Waals surface area contributed by atoms with Crippen LogP contribution < -0.4 is 0 Å². The lowest BCUT2D eigenvalue weighted by molar-refractivity contribution is -0.119. The van der Waals surface area contributed by atoms with Crippen LogP contribution in [-0.2, 0) is 13.1 Å². The topological polar surface area (TPSA) is 128 Å². The molecule has 2 heterocycles. The molecule has 10 rings (SSSR count). The third kappa shape index (κ3) is 7.34. The average molecular weight is 846 g/mol. The summed E-state index contributed by atoms with van der Waals surface area (Å²) in [7, 11) is 0. The molecule has 0 aromatic carbocycles. The Kier molecular flexibility index (Phi) is 11.3. The molecule has 0 bridgehead atoms. The van der Waals surface area contributed by atoms with Crippen LogP contribution >= 0.6 is 11.6 Å². The lowest BCUT2D eigenvalue weighted by atomic mass is 9.51. The third-order valence-corrected chi connectivity index (χ3v) is 18.3. The minimum absolute atomic E-state index is 0.158. The molecule has 2 aromatic heterocycles. The Labute approximate surface area is 358 Å². The fourth-order valence-corrected chi connectivity index (χ4v) is 15.6. The maximum atomic E-state index is 13.4. The quantitative estimate of drug-likeness (QED) is 0.209. The average Bonchev–Trinajstić information content (AvgIpc) is 4.05. The second kappa shape index (κ2) is 16.1. The molecule has 6 saturated carbocycles. The first-order valence-corrected chi connectivity index (χ1v) is 23.1. The van der Waals surface area contributed by atoms with Gasteiger partial charge in [0.15, 0.2) is 12.7 Å². The van der Waals surface area contributed by atoms with Crippen molar-refractivity contribution in [2.24, 2.45) is 70.0 Å². The number of halogens is 3. The summed E-state index contributed by atoms with van der Waals surface area (Å²) in [5.41, 5.74) is 2.81. The zero-order chi connectivity index (χ0) is 42.0. The van der Waals surface area contributed by atoms with E-state index in [0.717, 1.165) is 68.3 Å². The van der Waals surface area contributed by atoms with Crippen molar-refractivity contribution in [3.63, 3.8) is 0 Å². The van der Waals surface area contributed by atoms with Crippen LogP contribution in [0.1, 0.15) is 117 Å². The van der Waals surface area contributed by atoms with E-state index >= 15 is 0 Å². The molecule has 10 nitrogen and oxygen atoms in total. The number of hydrogen-bond donors (Lipinski definition) is 2. The molecule has 60 heavy (non-hydrogen) atoms. The summed E-state index contributed by atoms with van der Waals surface area (Å²) in [5, 5.41) is 47.5. The molecular formula is C47H63ClF2N8O2. The second-order valence-corrected chi connectivity index (χ2v) is 21.0. The number of allylic oxidation sites excluding steroid dienone is 4. The number of rotatable bonds is 7. The highest BCUT2D eigenvalue weighted by molar-refractivity contribution is 6.30. The van der Waals surface area contributed by atoms with E-state index in [9.17, 15) is 19.0 Å². The largest absolute Gasteiger partial charge is 0.384 e. The second-order valence-electron chi connectivity index (χ2n) is 20.8. The number of fused-ring (bicyclic) bond motifs is 10. The van der Waals surface area contributed by atoms with Gasteiger partial charge in [-0.15, -0.1) is 20.4 Å². The zero-order valence-corrected chi connectivity index (χ0v) is 36.2. The summed E-state index contributed by atoms with van der Waals surface area (Å²) in [4.78, 5) is 3.28. The molecule has 0 aliphatic heterocycles. The molecule has 8 aliphatic rings. The Morgan fingerprint density at radius 3 is 1.70 bits per heavy atom. The van der Waals surface area contributed by atoms with Crippen molar-refractivity contribution >= 4 is 11.6 Å². The number of hydrogen-bond acceptors (Lipinski definition) is 8. The van der Waals surface area contributed by atoms with Crippen LogP contribution in [0.4, 0.5) is 8.78 Å². The van der Waals surface area contributed by atoms with Gasteiger partial charge in [0.25, 0.3) is 6.43 Å². The van der Waals surface area contributed by atoms with Gasteiger partial charge >= 0.3 is 0 Å². The van der Waals surface area contributed by atoms with E-state index in [1.807, 2.05) is 0 Å². The summed E-state index contributed by atoms with van der Waals surface area (Å²) in [5.74, 6) is 8.96. The van der Waals surface area contributed by atoms with Gasteiger partial charge in [0.2, 0.25) is 0 Å². The van der Waals surface area contributed by atoms with Crippen LogP contribution in [0.2, 0.25) is 0 Å². The van der Waals surface area contributed by atoms with Gasteiger partial charge in [-0.1, -0.05) is 67.4 Å². The molecule has 14 atom stereocenters. The Balaban J connectivity index is 0.000000154. The van der Waals surface area contributed by atoms with Gasteiger partial charge in [0, 0.05) is 18.2 Å². The van der Waals surface area contributed by atoms with E-state index in [0.29, 0.717) is 72.8 Å². The van der Waals surface area contributed by atoms with E-state index in [1.54, 1.807) is 9.59 Å². The fraction of sp³-hybridized carbons (Fsp3) is 0.745. The third-order valence-electron chi connectivity index (χ3n) is 18.2. The zero-order valence-electron chi connectivity index (χ0n) is 35.4. The Bertz CT molecular complexity index is 2050. The SMILES string of the molecule is C=C(Cn1ncnn1)[C@H]1CC[C@H]2[C@@H]3CC=C4C[C@@](O)(C#CCl)CC[C@@H]4[C@H]3CC[C@]12C.C=C(Cn1ncnn1)[C@H]1CC[C@H]2[C@@H]3CC=C4C[C@@](O)(C(F)F)CC[C@@H]4[C@H]3CC[C@]12C.